The van der Waals surface area contributed by atoms with Crippen molar-refractivity contribution < 1.29 is 14.0 Å². The first-order chi connectivity index (χ1) is 8.65. The Morgan fingerprint density at radius 3 is 2.68 bits per heavy atom. The van der Waals surface area contributed by atoms with Crippen molar-refractivity contribution in [3.63, 3.8) is 0 Å². The van der Waals surface area contributed by atoms with Crippen molar-refractivity contribution in [2.75, 3.05) is 19.6 Å². The number of hydrogen-bond acceptors (Lipinski definition) is 4. The van der Waals surface area contributed by atoms with Crippen molar-refractivity contribution >= 4 is 24.2 Å². The summed E-state index contributed by atoms with van der Waals surface area (Å²) in [6.45, 7) is 5.75. The van der Waals surface area contributed by atoms with Gasteiger partial charge in [0, 0.05) is 13.1 Å². The Balaban J connectivity index is 0.00000324. The summed E-state index contributed by atoms with van der Waals surface area (Å²) >= 11 is 0. The molecule has 0 aliphatic rings. The predicted octanol–water partition coefficient (Wildman–Crippen LogP) is 0.545. The molecule has 19 heavy (non-hydrogen) atoms. The van der Waals surface area contributed by atoms with Gasteiger partial charge in [0.15, 0.2) is 0 Å². The zero-order chi connectivity index (χ0) is 13.4. The van der Waals surface area contributed by atoms with Crippen LogP contribution < -0.4 is 16.0 Å². The van der Waals surface area contributed by atoms with Crippen LogP contribution in [0.4, 0.5) is 0 Å². The number of nitrogens with one attached hydrogen (secondary N) is 3. The highest BCUT2D eigenvalue weighted by molar-refractivity contribution is 5.97. The van der Waals surface area contributed by atoms with Crippen LogP contribution in [0.5, 0.6) is 0 Å². The fourth-order valence-corrected chi connectivity index (χ4v) is 1.34. The zero-order valence-electron chi connectivity index (χ0n) is 11.1. The van der Waals surface area contributed by atoms with E-state index in [0.29, 0.717) is 18.7 Å². The van der Waals surface area contributed by atoms with Gasteiger partial charge < -0.3 is 20.4 Å². The van der Waals surface area contributed by atoms with Gasteiger partial charge in [-0.1, -0.05) is 6.92 Å². The minimum Gasteiger partial charge on any atom is -0.472 e. The van der Waals surface area contributed by atoms with E-state index in [1.165, 1.54) is 12.5 Å². The van der Waals surface area contributed by atoms with E-state index < -0.39 is 6.04 Å². The number of furan rings is 1. The number of carbonyl (C=O) groups excluding carboxylic acids is 2. The number of halogens is 1. The molecule has 0 saturated heterocycles. The van der Waals surface area contributed by atoms with E-state index in [2.05, 4.69) is 16.0 Å². The van der Waals surface area contributed by atoms with Gasteiger partial charge in [-0.3, -0.25) is 9.59 Å². The molecule has 108 valence electrons. The van der Waals surface area contributed by atoms with Crippen LogP contribution in [0.2, 0.25) is 0 Å². The van der Waals surface area contributed by atoms with E-state index in [4.69, 9.17) is 4.42 Å². The Morgan fingerprint density at radius 1 is 1.37 bits per heavy atom. The maximum absolute atomic E-state index is 11.6. The fraction of sp³-hybridized carbons (Fsp3) is 0.500. The van der Waals surface area contributed by atoms with Gasteiger partial charge in [0.2, 0.25) is 5.91 Å². The van der Waals surface area contributed by atoms with Gasteiger partial charge in [-0.05, 0) is 19.5 Å². The van der Waals surface area contributed by atoms with E-state index >= 15 is 0 Å². The molecule has 0 saturated carbocycles. The smallest absolute Gasteiger partial charge is 0.255 e. The van der Waals surface area contributed by atoms with Crippen molar-refractivity contribution in [2.45, 2.75) is 19.9 Å². The second kappa shape index (κ2) is 9.41. The van der Waals surface area contributed by atoms with Crippen LogP contribution in [0.15, 0.2) is 23.0 Å². The number of carbonyl (C=O) groups is 2. The van der Waals surface area contributed by atoms with Gasteiger partial charge in [0.25, 0.3) is 5.91 Å². The normalized spacial score (nSPS) is 11.3. The average molecular weight is 290 g/mol. The summed E-state index contributed by atoms with van der Waals surface area (Å²) in [5, 5.41) is 8.41. The van der Waals surface area contributed by atoms with Crippen LogP contribution in [0.3, 0.4) is 0 Å². The first kappa shape index (κ1) is 17.5. The molecular formula is C12H20ClN3O3. The largest absolute Gasteiger partial charge is 0.472 e. The highest BCUT2D eigenvalue weighted by Crippen LogP contribution is 1.99. The lowest BCUT2D eigenvalue weighted by Crippen LogP contribution is -2.46. The summed E-state index contributed by atoms with van der Waals surface area (Å²) in [5.41, 5.74) is 0.405. The average Bonchev–Trinajstić information content (AvgIpc) is 2.88. The molecule has 1 rings (SSSR count). The number of hydrogen-bond donors (Lipinski definition) is 3. The molecule has 1 aromatic rings. The van der Waals surface area contributed by atoms with E-state index in [9.17, 15) is 9.59 Å². The molecule has 0 fully saturated rings. The molecule has 1 aromatic heterocycles. The maximum atomic E-state index is 11.6. The molecule has 7 heteroatoms. The number of amides is 2. The molecule has 0 radical (unpaired) electrons. The summed E-state index contributed by atoms with van der Waals surface area (Å²) in [7, 11) is 0. The lowest BCUT2D eigenvalue weighted by molar-refractivity contribution is -0.122. The van der Waals surface area contributed by atoms with Crippen molar-refractivity contribution in [2.24, 2.45) is 0 Å². The predicted molar refractivity (Wildman–Crippen MR) is 74.4 cm³/mol. The number of rotatable bonds is 7. The SMILES string of the molecule is CCNCCNC(=O)C(C)NC(=O)c1ccoc1.Cl. The van der Waals surface area contributed by atoms with Gasteiger partial charge in [0.1, 0.15) is 12.3 Å². The summed E-state index contributed by atoms with van der Waals surface area (Å²) in [4.78, 5) is 23.3. The molecule has 2 amide bonds. The van der Waals surface area contributed by atoms with E-state index in [0.717, 1.165) is 6.54 Å². The molecule has 0 spiro atoms. The van der Waals surface area contributed by atoms with Crippen molar-refractivity contribution in [3.05, 3.63) is 24.2 Å². The highest BCUT2D eigenvalue weighted by Gasteiger charge is 2.16. The maximum Gasteiger partial charge on any atom is 0.255 e. The lowest BCUT2D eigenvalue weighted by atomic mass is 10.2. The Hall–Kier alpha value is -1.53. The Morgan fingerprint density at radius 2 is 2.11 bits per heavy atom. The quantitative estimate of drug-likeness (QED) is 0.640. The van der Waals surface area contributed by atoms with Gasteiger partial charge in [-0.25, -0.2) is 0 Å². The summed E-state index contributed by atoms with van der Waals surface area (Å²) < 4.78 is 4.80. The lowest BCUT2D eigenvalue weighted by Gasteiger charge is -2.13. The standard InChI is InChI=1S/C12H19N3O3.ClH/c1-3-13-5-6-14-11(16)9(2)15-12(17)10-4-7-18-8-10;/h4,7-9,13H,3,5-6H2,1-2H3,(H,14,16)(H,15,17);1H. The monoisotopic (exact) mass is 289 g/mol. The Kier molecular flexibility index (Phi) is 8.65. The molecule has 0 aromatic carbocycles. The van der Waals surface area contributed by atoms with E-state index in [-0.39, 0.29) is 24.2 Å². The minimum atomic E-state index is -0.575. The molecule has 0 aliphatic carbocycles. The van der Waals surface area contributed by atoms with Gasteiger partial charge in [-0.15, -0.1) is 12.4 Å². The molecule has 1 atom stereocenters. The van der Waals surface area contributed by atoms with E-state index in [1.54, 1.807) is 13.0 Å². The molecule has 1 heterocycles. The van der Waals surface area contributed by atoms with Crippen LogP contribution in [-0.2, 0) is 4.79 Å². The highest BCUT2D eigenvalue weighted by atomic mass is 35.5. The van der Waals surface area contributed by atoms with Crippen LogP contribution in [0.1, 0.15) is 24.2 Å². The summed E-state index contributed by atoms with van der Waals surface area (Å²) in [5.74, 6) is -0.525. The Labute approximate surface area is 118 Å². The molecule has 1 unspecified atom stereocenters. The van der Waals surface area contributed by atoms with Gasteiger partial charge >= 0.3 is 0 Å². The molecule has 0 aliphatic heterocycles. The first-order valence-electron chi connectivity index (χ1n) is 5.96. The second-order valence-corrected chi connectivity index (χ2v) is 3.85. The van der Waals surface area contributed by atoms with E-state index in [1.807, 2.05) is 6.92 Å². The molecule has 0 bridgehead atoms. The van der Waals surface area contributed by atoms with Gasteiger partial charge in [0.05, 0.1) is 11.8 Å². The van der Waals surface area contributed by atoms with Crippen LogP contribution in [-0.4, -0.2) is 37.5 Å². The van der Waals surface area contributed by atoms with Crippen LogP contribution in [0.25, 0.3) is 0 Å². The van der Waals surface area contributed by atoms with Crippen LogP contribution in [0, 0.1) is 0 Å². The molecule has 6 nitrogen and oxygen atoms in total. The topological polar surface area (TPSA) is 83.4 Å². The third-order valence-electron chi connectivity index (χ3n) is 2.38. The Bertz CT molecular complexity index is 382. The third kappa shape index (κ3) is 6.26. The van der Waals surface area contributed by atoms with Gasteiger partial charge in [-0.2, -0.15) is 0 Å². The summed E-state index contributed by atoms with van der Waals surface area (Å²) in [6.07, 6.45) is 2.75. The fourth-order valence-electron chi connectivity index (χ4n) is 1.34. The third-order valence-corrected chi connectivity index (χ3v) is 2.38. The summed E-state index contributed by atoms with van der Waals surface area (Å²) in [6, 6.07) is 0.972. The second-order valence-electron chi connectivity index (χ2n) is 3.85. The van der Waals surface area contributed by atoms with Crippen molar-refractivity contribution in [1.29, 1.82) is 0 Å². The minimum absolute atomic E-state index is 0. The first-order valence-corrected chi connectivity index (χ1v) is 5.96. The zero-order valence-corrected chi connectivity index (χ0v) is 11.9. The number of likely N-dealkylation sites (N-methyl/N-ethyl adjacent to an activating group) is 1. The van der Waals surface area contributed by atoms with Crippen molar-refractivity contribution in [3.8, 4) is 0 Å². The van der Waals surface area contributed by atoms with Crippen LogP contribution >= 0.6 is 12.4 Å². The molecule has 3 N–H and O–H groups in total. The van der Waals surface area contributed by atoms with Crippen molar-refractivity contribution in [1.82, 2.24) is 16.0 Å². The molecular weight excluding hydrogens is 270 g/mol.